The van der Waals surface area contributed by atoms with E-state index in [1.165, 1.54) is 11.3 Å². The van der Waals surface area contributed by atoms with Crippen molar-refractivity contribution in [1.82, 2.24) is 4.98 Å². The van der Waals surface area contributed by atoms with Crippen molar-refractivity contribution in [2.75, 3.05) is 0 Å². The van der Waals surface area contributed by atoms with Crippen LogP contribution in [0.2, 0.25) is 0 Å². The second-order valence-corrected chi connectivity index (χ2v) is 6.63. The minimum atomic E-state index is -1.11. The van der Waals surface area contributed by atoms with Gasteiger partial charge in [0.15, 0.2) is 5.78 Å². The standard InChI is InChI=1S/C17H19NO2S/c19-15(17(20)9-5-2-6-10-17)11-16-18-14(12-21-16)13-7-3-1-4-8-13/h1,3-4,7-8,12,20H,2,5-6,9-11H2. The molecule has 0 atom stereocenters. The molecule has 3 rings (SSSR count). The van der Waals surface area contributed by atoms with E-state index in [1.807, 2.05) is 35.7 Å². The summed E-state index contributed by atoms with van der Waals surface area (Å²) in [6.07, 6.45) is 4.44. The van der Waals surface area contributed by atoms with Crippen LogP contribution in [-0.2, 0) is 11.2 Å². The third kappa shape index (κ3) is 3.22. The van der Waals surface area contributed by atoms with E-state index in [1.54, 1.807) is 0 Å². The molecular formula is C17H19NO2S. The summed E-state index contributed by atoms with van der Waals surface area (Å²) < 4.78 is 0. The minimum Gasteiger partial charge on any atom is -0.382 e. The Kier molecular flexibility index (Phi) is 4.17. The summed E-state index contributed by atoms with van der Waals surface area (Å²) in [5.41, 5.74) is 0.847. The summed E-state index contributed by atoms with van der Waals surface area (Å²) >= 11 is 1.49. The largest absolute Gasteiger partial charge is 0.382 e. The fourth-order valence-corrected chi connectivity index (χ4v) is 3.65. The Balaban J connectivity index is 1.71. The number of carbonyl (C=O) groups is 1. The van der Waals surface area contributed by atoms with Gasteiger partial charge in [0.05, 0.1) is 12.1 Å². The zero-order chi connectivity index (χ0) is 14.7. The van der Waals surface area contributed by atoms with E-state index in [2.05, 4.69) is 4.98 Å². The normalized spacial score (nSPS) is 17.6. The van der Waals surface area contributed by atoms with E-state index in [4.69, 9.17) is 0 Å². The molecule has 0 spiro atoms. The van der Waals surface area contributed by atoms with Crippen LogP contribution >= 0.6 is 11.3 Å². The fourth-order valence-electron chi connectivity index (χ4n) is 2.85. The molecule has 2 aromatic rings. The predicted molar refractivity (Wildman–Crippen MR) is 84.3 cm³/mol. The highest BCUT2D eigenvalue weighted by atomic mass is 32.1. The molecule has 1 N–H and O–H groups in total. The Labute approximate surface area is 128 Å². The lowest BCUT2D eigenvalue weighted by Gasteiger charge is -2.30. The summed E-state index contributed by atoms with van der Waals surface area (Å²) in [5.74, 6) is -0.0730. The molecule has 1 aliphatic rings. The van der Waals surface area contributed by atoms with Crippen LogP contribution in [0.3, 0.4) is 0 Å². The molecule has 110 valence electrons. The first-order chi connectivity index (χ1) is 10.2. The monoisotopic (exact) mass is 301 g/mol. The van der Waals surface area contributed by atoms with Crippen molar-refractivity contribution in [3.63, 3.8) is 0 Å². The summed E-state index contributed by atoms with van der Waals surface area (Å²) in [7, 11) is 0. The molecule has 0 saturated heterocycles. The van der Waals surface area contributed by atoms with Crippen LogP contribution < -0.4 is 0 Å². The molecule has 3 nitrogen and oxygen atoms in total. The maximum absolute atomic E-state index is 12.4. The Morgan fingerprint density at radius 3 is 2.62 bits per heavy atom. The van der Waals surface area contributed by atoms with Gasteiger partial charge in [0, 0.05) is 10.9 Å². The lowest BCUT2D eigenvalue weighted by Crippen LogP contribution is -2.41. The van der Waals surface area contributed by atoms with E-state index >= 15 is 0 Å². The van der Waals surface area contributed by atoms with E-state index in [0.29, 0.717) is 12.8 Å². The SMILES string of the molecule is O=C(Cc1nc(-c2ccccc2)cs1)C1(O)CCCCC1. The second-order valence-electron chi connectivity index (χ2n) is 5.68. The molecule has 0 unspecified atom stereocenters. The highest BCUT2D eigenvalue weighted by Crippen LogP contribution is 2.30. The van der Waals surface area contributed by atoms with Crippen molar-refractivity contribution in [1.29, 1.82) is 0 Å². The van der Waals surface area contributed by atoms with Crippen molar-refractivity contribution in [2.45, 2.75) is 44.1 Å². The van der Waals surface area contributed by atoms with Gasteiger partial charge in [-0.3, -0.25) is 4.79 Å². The first kappa shape index (κ1) is 14.4. The molecule has 0 aliphatic heterocycles. The predicted octanol–water partition coefficient (Wildman–Crippen LogP) is 3.62. The summed E-state index contributed by atoms with van der Waals surface area (Å²) in [4.78, 5) is 16.9. The van der Waals surface area contributed by atoms with Crippen molar-refractivity contribution in [3.05, 3.63) is 40.7 Å². The van der Waals surface area contributed by atoms with Gasteiger partial charge in [0.25, 0.3) is 0 Å². The maximum Gasteiger partial charge on any atom is 0.171 e. The third-order valence-corrected chi connectivity index (χ3v) is 4.98. The van der Waals surface area contributed by atoms with E-state index in [-0.39, 0.29) is 12.2 Å². The summed E-state index contributed by atoms with van der Waals surface area (Å²) in [6, 6.07) is 9.94. The minimum absolute atomic E-state index is 0.0730. The van der Waals surface area contributed by atoms with Gasteiger partial charge in [-0.2, -0.15) is 0 Å². The topological polar surface area (TPSA) is 50.2 Å². The number of aliphatic hydroxyl groups is 1. The molecule has 4 heteroatoms. The van der Waals surface area contributed by atoms with Gasteiger partial charge < -0.3 is 5.11 Å². The van der Waals surface area contributed by atoms with Crippen molar-refractivity contribution >= 4 is 17.1 Å². The van der Waals surface area contributed by atoms with Gasteiger partial charge in [0.1, 0.15) is 10.6 Å². The van der Waals surface area contributed by atoms with Crippen molar-refractivity contribution in [3.8, 4) is 11.3 Å². The highest BCUT2D eigenvalue weighted by Gasteiger charge is 2.36. The average molecular weight is 301 g/mol. The van der Waals surface area contributed by atoms with Crippen LogP contribution in [0.25, 0.3) is 11.3 Å². The number of hydrogen-bond donors (Lipinski definition) is 1. The summed E-state index contributed by atoms with van der Waals surface area (Å²) in [5, 5.41) is 13.2. The van der Waals surface area contributed by atoms with Crippen LogP contribution in [0.1, 0.15) is 37.1 Å². The van der Waals surface area contributed by atoms with Gasteiger partial charge in [-0.15, -0.1) is 11.3 Å². The second kappa shape index (κ2) is 6.08. The Morgan fingerprint density at radius 1 is 1.19 bits per heavy atom. The van der Waals surface area contributed by atoms with Crippen LogP contribution in [0.4, 0.5) is 0 Å². The van der Waals surface area contributed by atoms with E-state index < -0.39 is 5.60 Å². The van der Waals surface area contributed by atoms with E-state index in [0.717, 1.165) is 35.5 Å². The van der Waals surface area contributed by atoms with Gasteiger partial charge in [-0.1, -0.05) is 49.6 Å². The number of rotatable bonds is 4. The van der Waals surface area contributed by atoms with Crippen molar-refractivity contribution < 1.29 is 9.90 Å². The average Bonchev–Trinajstić information content (AvgIpc) is 2.97. The number of thiazole rings is 1. The van der Waals surface area contributed by atoms with Gasteiger partial charge in [-0.25, -0.2) is 4.98 Å². The molecule has 0 bridgehead atoms. The third-order valence-electron chi connectivity index (χ3n) is 4.13. The van der Waals surface area contributed by atoms with Crippen molar-refractivity contribution in [2.24, 2.45) is 0 Å². The first-order valence-electron chi connectivity index (χ1n) is 7.43. The van der Waals surface area contributed by atoms with Crippen LogP contribution in [0, 0.1) is 0 Å². The van der Waals surface area contributed by atoms with Gasteiger partial charge in [0.2, 0.25) is 0 Å². The zero-order valence-electron chi connectivity index (χ0n) is 11.9. The van der Waals surface area contributed by atoms with E-state index in [9.17, 15) is 9.90 Å². The number of ketones is 1. The molecule has 1 heterocycles. The number of hydrogen-bond acceptors (Lipinski definition) is 4. The Hall–Kier alpha value is -1.52. The highest BCUT2D eigenvalue weighted by molar-refractivity contribution is 7.10. The molecule has 0 amide bonds. The number of nitrogens with zero attached hydrogens (tertiary/aromatic N) is 1. The Morgan fingerprint density at radius 2 is 1.90 bits per heavy atom. The maximum atomic E-state index is 12.4. The molecule has 1 saturated carbocycles. The molecule has 21 heavy (non-hydrogen) atoms. The first-order valence-corrected chi connectivity index (χ1v) is 8.31. The molecule has 0 radical (unpaired) electrons. The Bertz CT molecular complexity index is 615. The number of aromatic nitrogens is 1. The van der Waals surface area contributed by atoms with Gasteiger partial charge >= 0.3 is 0 Å². The lowest BCUT2D eigenvalue weighted by molar-refractivity contribution is -0.139. The molecule has 1 aromatic heterocycles. The van der Waals surface area contributed by atoms with Crippen LogP contribution in [-0.4, -0.2) is 21.5 Å². The van der Waals surface area contributed by atoms with Gasteiger partial charge in [-0.05, 0) is 12.8 Å². The quantitative estimate of drug-likeness (QED) is 0.938. The van der Waals surface area contributed by atoms with Crippen LogP contribution in [0.5, 0.6) is 0 Å². The molecular weight excluding hydrogens is 282 g/mol. The van der Waals surface area contributed by atoms with Crippen LogP contribution in [0.15, 0.2) is 35.7 Å². The smallest absolute Gasteiger partial charge is 0.171 e. The molecule has 1 fully saturated rings. The molecule has 1 aromatic carbocycles. The summed E-state index contributed by atoms with van der Waals surface area (Å²) in [6.45, 7) is 0. The zero-order valence-corrected chi connectivity index (χ0v) is 12.7. The molecule has 1 aliphatic carbocycles. The lowest BCUT2D eigenvalue weighted by atomic mass is 9.81. The number of benzene rings is 1. The fraction of sp³-hybridized carbons (Fsp3) is 0.412. The number of Topliss-reactive ketones (excluding diaryl/α,β-unsaturated/α-hetero) is 1. The number of carbonyl (C=O) groups excluding carboxylic acids is 1.